The van der Waals surface area contributed by atoms with E-state index in [0.717, 1.165) is 6.07 Å². The van der Waals surface area contributed by atoms with E-state index in [9.17, 15) is 14.9 Å². The smallest absolute Gasteiger partial charge is 0.344 e. The van der Waals surface area contributed by atoms with Crippen LogP contribution in [0.3, 0.4) is 0 Å². The third kappa shape index (κ3) is 2.03. The molecule has 0 saturated carbocycles. The van der Waals surface area contributed by atoms with E-state index < -0.39 is 22.1 Å². The fourth-order valence-corrected chi connectivity index (χ4v) is 1.56. The highest BCUT2D eigenvalue weighted by Crippen LogP contribution is 2.35. The Bertz CT molecular complexity index is 458. The molecule has 0 spiro atoms. The van der Waals surface area contributed by atoms with Crippen molar-refractivity contribution in [2.45, 2.75) is 6.92 Å². The normalized spacial score (nSPS) is 10.1. The van der Waals surface area contributed by atoms with Crippen molar-refractivity contribution in [2.75, 3.05) is 0 Å². The Morgan fingerprint density at radius 2 is 2.00 bits per heavy atom. The van der Waals surface area contributed by atoms with Gasteiger partial charge < -0.3 is 5.11 Å². The fraction of sp³-hybridized carbons (Fsp3) is 0.125. The van der Waals surface area contributed by atoms with Gasteiger partial charge in [0.05, 0.1) is 15.0 Å². The fourth-order valence-electron chi connectivity index (χ4n) is 1.08. The maximum Gasteiger partial charge on any atom is 0.344 e. The second-order valence-corrected chi connectivity index (χ2v) is 3.53. The number of carboxylic acids is 1. The van der Waals surface area contributed by atoms with E-state index in [2.05, 4.69) is 0 Å². The molecule has 0 atom stereocenters. The predicted molar refractivity (Wildman–Crippen MR) is 54.8 cm³/mol. The molecule has 0 heterocycles. The van der Waals surface area contributed by atoms with Gasteiger partial charge in [-0.05, 0) is 12.5 Å². The average molecular weight is 250 g/mol. The van der Waals surface area contributed by atoms with E-state index >= 15 is 0 Å². The molecule has 0 aromatic heterocycles. The molecule has 7 heteroatoms. The lowest BCUT2D eigenvalue weighted by atomic mass is 10.1. The van der Waals surface area contributed by atoms with Gasteiger partial charge in [-0.15, -0.1) is 0 Å². The Morgan fingerprint density at radius 3 is 2.40 bits per heavy atom. The molecule has 0 radical (unpaired) electrons. The maximum atomic E-state index is 10.8. The molecule has 0 unspecified atom stereocenters. The molecular weight excluding hydrogens is 245 g/mol. The van der Waals surface area contributed by atoms with Gasteiger partial charge in [0.25, 0.3) is 5.69 Å². The number of carboxylic acid groups (broad SMARTS) is 1. The predicted octanol–water partition coefficient (Wildman–Crippen LogP) is 2.91. The number of hydrogen-bond donors (Lipinski definition) is 1. The quantitative estimate of drug-likeness (QED) is 0.646. The van der Waals surface area contributed by atoms with Crippen molar-refractivity contribution in [3.63, 3.8) is 0 Å². The first-order valence-corrected chi connectivity index (χ1v) is 4.48. The molecule has 0 aliphatic carbocycles. The Hall–Kier alpha value is -1.33. The van der Waals surface area contributed by atoms with E-state index in [1.54, 1.807) is 0 Å². The van der Waals surface area contributed by atoms with Gasteiger partial charge in [0.15, 0.2) is 5.56 Å². The van der Waals surface area contributed by atoms with Gasteiger partial charge in [0.2, 0.25) is 0 Å². The number of hydrogen-bond acceptors (Lipinski definition) is 3. The number of rotatable bonds is 2. The van der Waals surface area contributed by atoms with Crippen molar-refractivity contribution in [3.8, 4) is 0 Å². The molecule has 80 valence electrons. The lowest BCUT2D eigenvalue weighted by Gasteiger charge is -2.05. The van der Waals surface area contributed by atoms with Crippen LogP contribution in [0.15, 0.2) is 6.07 Å². The summed E-state index contributed by atoms with van der Waals surface area (Å²) in [5.41, 5.74) is -0.787. The van der Waals surface area contributed by atoms with Gasteiger partial charge in [0.1, 0.15) is 0 Å². The van der Waals surface area contributed by atoms with Crippen molar-refractivity contribution >= 4 is 34.9 Å². The summed E-state index contributed by atoms with van der Waals surface area (Å²) in [4.78, 5) is 20.5. The topological polar surface area (TPSA) is 80.4 Å². The third-order valence-electron chi connectivity index (χ3n) is 1.78. The lowest BCUT2D eigenvalue weighted by Crippen LogP contribution is -2.04. The molecule has 0 bridgehead atoms. The number of benzene rings is 1. The first-order valence-electron chi connectivity index (χ1n) is 3.72. The molecule has 5 nitrogen and oxygen atoms in total. The van der Waals surface area contributed by atoms with Crippen molar-refractivity contribution in [1.29, 1.82) is 0 Å². The monoisotopic (exact) mass is 249 g/mol. The highest BCUT2D eigenvalue weighted by Gasteiger charge is 2.26. The van der Waals surface area contributed by atoms with Gasteiger partial charge >= 0.3 is 5.97 Å². The highest BCUT2D eigenvalue weighted by molar-refractivity contribution is 6.44. The number of aromatic carboxylic acids is 1. The molecule has 15 heavy (non-hydrogen) atoms. The third-order valence-corrected chi connectivity index (χ3v) is 2.74. The van der Waals surface area contributed by atoms with Gasteiger partial charge in [-0.25, -0.2) is 4.79 Å². The van der Waals surface area contributed by atoms with E-state index in [-0.39, 0.29) is 10.0 Å². The number of nitrogens with zero attached hydrogens (tertiary/aromatic N) is 1. The molecule has 0 amide bonds. The van der Waals surface area contributed by atoms with Crippen molar-refractivity contribution in [1.82, 2.24) is 0 Å². The van der Waals surface area contributed by atoms with Crippen LogP contribution < -0.4 is 0 Å². The lowest BCUT2D eigenvalue weighted by molar-refractivity contribution is -0.385. The Kier molecular flexibility index (Phi) is 3.16. The van der Waals surface area contributed by atoms with Crippen LogP contribution in [0.5, 0.6) is 0 Å². The number of carbonyl (C=O) groups is 1. The second kappa shape index (κ2) is 4.04. The molecule has 1 aromatic rings. The molecule has 0 aliphatic heterocycles. The minimum atomic E-state index is -1.48. The zero-order valence-electron chi connectivity index (χ0n) is 7.45. The SMILES string of the molecule is Cc1cc([N+](=O)[O-])c(C(=O)O)c(Cl)c1Cl. The van der Waals surface area contributed by atoms with Crippen LogP contribution in [0, 0.1) is 17.0 Å². The van der Waals surface area contributed by atoms with E-state index in [1.807, 2.05) is 0 Å². The van der Waals surface area contributed by atoms with Crippen molar-refractivity contribution in [3.05, 3.63) is 37.4 Å². The minimum Gasteiger partial charge on any atom is -0.477 e. The molecule has 0 fully saturated rings. The summed E-state index contributed by atoms with van der Waals surface area (Å²) in [5.74, 6) is -1.48. The largest absolute Gasteiger partial charge is 0.477 e. The van der Waals surface area contributed by atoms with Crippen LogP contribution in [0.25, 0.3) is 0 Å². The number of nitro benzene ring substituents is 1. The summed E-state index contributed by atoms with van der Waals surface area (Å²) < 4.78 is 0. The Morgan fingerprint density at radius 1 is 1.47 bits per heavy atom. The van der Waals surface area contributed by atoms with Crippen LogP contribution in [0.4, 0.5) is 5.69 Å². The van der Waals surface area contributed by atoms with Gasteiger partial charge in [0, 0.05) is 6.07 Å². The van der Waals surface area contributed by atoms with Crippen molar-refractivity contribution < 1.29 is 14.8 Å². The molecule has 1 N–H and O–H groups in total. The highest BCUT2D eigenvalue weighted by atomic mass is 35.5. The van der Waals surface area contributed by atoms with E-state index in [1.165, 1.54) is 6.92 Å². The van der Waals surface area contributed by atoms with Crippen LogP contribution in [-0.2, 0) is 0 Å². The van der Waals surface area contributed by atoms with Crippen LogP contribution >= 0.6 is 23.2 Å². The second-order valence-electron chi connectivity index (χ2n) is 2.78. The molecular formula is C8H5Cl2NO4. The minimum absolute atomic E-state index is 0.0136. The van der Waals surface area contributed by atoms with Gasteiger partial charge in [-0.2, -0.15) is 0 Å². The van der Waals surface area contributed by atoms with Crippen LogP contribution in [0.2, 0.25) is 10.0 Å². The molecule has 0 aliphatic rings. The first kappa shape index (κ1) is 11.7. The maximum absolute atomic E-state index is 10.8. The molecule has 1 rings (SSSR count). The van der Waals surface area contributed by atoms with Crippen LogP contribution in [0.1, 0.15) is 15.9 Å². The number of nitro groups is 1. The van der Waals surface area contributed by atoms with Crippen molar-refractivity contribution in [2.24, 2.45) is 0 Å². The number of aryl methyl sites for hydroxylation is 1. The number of halogens is 2. The molecule has 0 saturated heterocycles. The molecule has 1 aromatic carbocycles. The standard InChI is InChI=1S/C8H5Cl2NO4/c1-3-2-4(11(14)15)5(8(12)13)7(10)6(3)9/h2H,1H3,(H,12,13). The Balaban J connectivity index is 3.65. The summed E-state index contributed by atoms with van der Waals surface area (Å²) in [7, 11) is 0. The Labute approximate surface area is 94.4 Å². The zero-order chi connectivity index (χ0) is 11.7. The summed E-state index contributed by atoms with van der Waals surface area (Å²) in [6.45, 7) is 1.51. The van der Waals surface area contributed by atoms with E-state index in [4.69, 9.17) is 28.3 Å². The summed E-state index contributed by atoms with van der Waals surface area (Å²) >= 11 is 11.3. The van der Waals surface area contributed by atoms with E-state index in [0.29, 0.717) is 5.56 Å². The summed E-state index contributed by atoms with van der Waals surface area (Å²) in [6, 6.07) is 1.08. The summed E-state index contributed by atoms with van der Waals surface area (Å²) in [6.07, 6.45) is 0. The average Bonchev–Trinajstić information content (AvgIpc) is 2.12. The summed E-state index contributed by atoms with van der Waals surface area (Å²) in [5, 5.41) is 19.0. The van der Waals surface area contributed by atoms with Crippen LogP contribution in [-0.4, -0.2) is 16.0 Å². The van der Waals surface area contributed by atoms with Gasteiger partial charge in [-0.3, -0.25) is 10.1 Å². The first-order chi connectivity index (χ1) is 6.86. The zero-order valence-corrected chi connectivity index (χ0v) is 8.96. The van der Waals surface area contributed by atoms with Gasteiger partial charge in [-0.1, -0.05) is 23.2 Å².